The number of methoxy groups -OCH3 is 2. The fourth-order valence-corrected chi connectivity index (χ4v) is 3.43. The Kier molecular flexibility index (Phi) is 7.57. The predicted molar refractivity (Wildman–Crippen MR) is 116 cm³/mol. The quantitative estimate of drug-likeness (QED) is 0.338. The number of nitrogens with zero attached hydrogens (tertiary/aromatic N) is 2. The van der Waals surface area contributed by atoms with Crippen molar-refractivity contribution in [3.63, 3.8) is 0 Å². The van der Waals surface area contributed by atoms with Gasteiger partial charge in [-0.25, -0.2) is 4.79 Å². The van der Waals surface area contributed by atoms with Crippen LogP contribution in [-0.4, -0.2) is 30.4 Å². The normalized spacial score (nSPS) is 11.7. The molecule has 2 aromatic carbocycles. The molecular formula is C20H17F6N5O3S. The summed E-state index contributed by atoms with van der Waals surface area (Å²) in [6.45, 7) is 0.311. The molecule has 0 saturated heterocycles. The van der Waals surface area contributed by atoms with Crippen LogP contribution in [0.15, 0.2) is 36.4 Å². The summed E-state index contributed by atoms with van der Waals surface area (Å²) in [6, 6.07) is 4.89. The summed E-state index contributed by atoms with van der Waals surface area (Å²) in [7, 11) is 3.00. The zero-order valence-corrected chi connectivity index (χ0v) is 18.8. The Morgan fingerprint density at radius 2 is 1.46 bits per heavy atom. The molecule has 0 bridgehead atoms. The van der Waals surface area contributed by atoms with E-state index in [4.69, 9.17) is 9.47 Å². The van der Waals surface area contributed by atoms with Crippen LogP contribution in [0.5, 0.6) is 11.5 Å². The molecule has 8 nitrogen and oxygen atoms in total. The number of urea groups is 1. The van der Waals surface area contributed by atoms with E-state index in [1.165, 1.54) is 14.2 Å². The maximum Gasteiger partial charge on any atom is 0.416 e. The van der Waals surface area contributed by atoms with E-state index in [2.05, 4.69) is 20.8 Å². The lowest BCUT2D eigenvalue weighted by atomic mass is 10.1. The molecule has 0 radical (unpaired) electrons. The molecule has 3 rings (SSSR count). The van der Waals surface area contributed by atoms with Crippen molar-refractivity contribution >= 4 is 33.3 Å². The molecular weight excluding hydrogens is 504 g/mol. The predicted octanol–water partition coefficient (Wildman–Crippen LogP) is 5.85. The maximum absolute atomic E-state index is 13.0. The average molecular weight is 521 g/mol. The van der Waals surface area contributed by atoms with E-state index in [9.17, 15) is 31.1 Å². The molecule has 35 heavy (non-hydrogen) atoms. The molecule has 2 amide bonds. The summed E-state index contributed by atoms with van der Waals surface area (Å²) >= 11 is 0.902. The molecule has 1 aromatic heterocycles. The lowest BCUT2D eigenvalue weighted by Gasteiger charge is -2.14. The van der Waals surface area contributed by atoms with Crippen molar-refractivity contribution in [1.82, 2.24) is 10.2 Å². The number of hydrogen-bond acceptors (Lipinski definition) is 7. The highest BCUT2D eigenvalue weighted by Gasteiger charge is 2.37. The van der Waals surface area contributed by atoms with E-state index in [1.807, 2.05) is 5.32 Å². The highest BCUT2D eigenvalue weighted by atomic mass is 32.1. The van der Waals surface area contributed by atoms with Gasteiger partial charge in [-0.1, -0.05) is 17.4 Å². The minimum absolute atomic E-state index is 0.0375. The third-order valence-electron chi connectivity index (χ3n) is 4.38. The number of rotatable bonds is 7. The van der Waals surface area contributed by atoms with Crippen LogP contribution in [0.1, 0.15) is 16.7 Å². The second-order valence-electron chi connectivity index (χ2n) is 6.83. The third-order valence-corrected chi connectivity index (χ3v) is 5.18. The summed E-state index contributed by atoms with van der Waals surface area (Å²) in [5, 5.41) is 14.9. The number of alkyl halides is 6. The van der Waals surface area contributed by atoms with Gasteiger partial charge in [-0.2, -0.15) is 26.3 Å². The van der Waals surface area contributed by atoms with E-state index in [0.29, 0.717) is 35.3 Å². The second kappa shape index (κ2) is 10.2. The molecule has 0 aliphatic rings. The Hall–Kier alpha value is -3.75. The largest absolute Gasteiger partial charge is 0.493 e. The van der Waals surface area contributed by atoms with E-state index in [0.717, 1.165) is 16.9 Å². The minimum Gasteiger partial charge on any atom is -0.493 e. The van der Waals surface area contributed by atoms with Crippen molar-refractivity contribution < 1.29 is 40.6 Å². The Labute approximate surface area is 198 Å². The number of amides is 2. The van der Waals surface area contributed by atoms with Crippen molar-refractivity contribution in [2.45, 2.75) is 18.9 Å². The van der Waals surface area contributed by atoms with Crippen molar-refractivity contribution in [3.05, 3.63) is 53.1 Å². The van der Waals surface area contributed by atoms with Crippen LogP contribution in [0.25, 0.3) is 0 Å². The standard InChI is InChI=1S/C20H17F6N5O3S/c1-33-14-4-3-10(5-15(14)34-2)9-27-17-30-31-18(35-17)29-16(32)28-13-7-11(19(21,22)23)6-12(8-13)20(24,25)26/h3-8H,9H2,1-2H3,(H,27,30)(H2,28,29,31,32). The number of nitrogens with one attached hydrogen (secondary N) is 3. The molecule has 3 N–H and O–H groups in total. The zero-order valence-electron chi connectivity index (χ0n) is 18.0. The highest BCUT2D eigenvalue weighted by Crippen LogP contribution is 2.37. The lowest BCUT2D eigenvalue weighted by Crippen LogP contribution is -2.20. The summed E-state index contributed by atoms with van der Waals surface area (Å²) < 4.78 is 88.2. The summed E-state index contributed by atoms with van der Waals surface area (Å²) in [6.07, 6.45) is -10.1. The van der Waals surface area contributed by atoms with Gasteiger partial charge < -0.3 is 20.1 Å². The van der Waals surface area contributed by atoms with Gasteiger partial charge in [-0.05, 0) is 35.9 Å². The molecule has 0 aliphatic carbocycles. The van der Waals surface area contributed by atoms with Crippen LogP contribution in [-0.2, 0) is 18.9 Å². The topological polar surface area (TPSA) is 97.4 Å². The van der Waals surface area contributed by atoms with Crippen molar-refractivity contribution in [3.8, 4) is 11.5 Å². The molecule has 0 fully saturated rings. The number of halogens is 6. The number of hydrogen-bond donors (Lipinski definition) is 3. The van der Waals surface area contributed by atoms with Crippen molar-refractivity contribution in [1.29, 1.82) is 0 Å². The van der Waals surface area contributed by atoms with Crippen molar-refractivity contribution in [2.24, 2.45) is 0 Å². The van der Waals surface area contributed by atoms with E-state index < -0.39 is 35.2 Å². The fraction of sp³-hybridized carbons (Fsp3) is 0.250. The molecule has 3 aromatic rings. The van der Waals surface area contributed by atoms with Crippen LogP contribution in [0, 0.1) is 0 Å². The van der Waals surface area contributed by atoms with Crippen LogP contribution in [0.3, 0.4) is 0 Å². The summed E-state index contributed by atoms with van der Waals surface area (Å²) in [4.78, 5) is 12.1. The number of carbonyl (C=O) groups excluding carboxylic acids is 1. The first-order valence-electron chi connectivity index (χ1n) is 9.55. The smallest absolute Gasteiger partial charge is 0.416 e. The lowest BCUT2D eigenvalue weighted by molar-refractivity contribution is -0.143. The zero-order chi connectivity index (χ0) is 25.8. The molecule has 15 heteroatoms. The van der Waals surface area contributed by atoms with Gasteiger partial charge in [0.15, 0.2) is 11.5 Å². The molecule has 0 aliphatic heterocycles. The van der Waals surface area contributed by atoms with Gasteiger partial charge in [0.1, 0.15) is 0 Å². The van der Waals surface area contributed by atoms with Gasteiger partial charge in [-0.3, -0.25) is 5.32 Å². The van der Waals surface area contributed by atoms with E-state index >= 15 is 0 Å². The summed E-state index contributed by atoms with van der Waals surface area (Å²) in [5.41, 5.74) is -2.99. The maximum atomic E-state index is 13.0. The van der Waals surface area contributed by atoms with E-state index in [-0.39, 0.29) is 11.2 Å². The molecule has 0 saturated carbocycles. The first-order valence-corrected chi connectivity index (χ1v) is 10.4. The van der Waals surface area contributed by atoms with Gasteiger partial charge in [0.2, 0.25) is 10.3 Å². The van der Waals surface area contributed by atoms with Gasteiger partial charge in [0, 0.05) is 12.2 Å². The molecule has 188 valence electrons. The van der Waals surface area contributed by atoms with Crippen LogP contribution in [0.4, 0.5) is 47.1 Å². The van der Waals surface area contributed by atoms with Gasteiger partial charge >= 0.3 is 18.4 Å². The minimum atomic E-state index is -5.04. The number of benzene rings is 2. The van der Waals surface area contributed by atoms with Gasteiger partial charge in [0.25, 0.3) is 0 Å². The number of ether oxygens (including phenoxy) is 2. The van der Waals surface area contributed by atoms with E-state index in [1.54, 1.807) is 18.2 Å². The molecule has 0 atom stereocenters. The first kappa shape index (κ1) is 25.9. The van der Waals surface area contributed by atoms with Crippen LogP contribution >= 0.6 is 11.3 Å². The first-order chi connectivity index (χ1) is 16.4. The SMILES string of the molecule is COc1ccc(CNc2nnc(NC(=O)Nc3cc(C(F)(F)F)cc(C(F)(F)F)c3)s2)cc1OC. The fourth-order valence-electron chi connectivity index (χ4n) is 2.80. The number of aromatic nitrogens is 2. The number of carbonyl (C=O) groups is 1. The molecule has 0 unspecified atom stereocenters. The van der Waals surface area contributed by atoms with Gasteiger partial charge in [0.05, 0.1) is 25.3 Å². The Balaban J connectivity index is 1.64. The van der Waals surface area contributed by atoms with Crippen molar-refractivity contribution in [2.75, 3.05) is 30.2 Å². The average Bonchev–Trinajstić information content (AvgIpc) is 3.23. The molecule has 1 heterocycles. The Morgan fingerprint density at radius 1 is 0.857 bits per heavy atom. The molecule has 0 spiro atoms. The van der Waals surface area contributed by atoms with Crippen LogP contribution < -0.4 is 25.4 Å². The van der Waals surface area contributed by atoms with Gasteiger partial charge in [-0.15, -0.1) is 10.2 Å². The second-order valence-corrected chi connectivity index (χ2v) is 7.81. The third kappa shape index (κ3) is 6.88. The highest BCUT2D eigenvalue weighted by molar-refractivity contribution is 7.19. The summed E-state index contributed by atoms with van der Waals surface area (Å²) in [5.74, 6) is 1.07. The Morgan fingerprint density at radius 3 is 2.03 bits per heavy atom. The Bertz CT molecular complexity index is 1170. The van der Waals surface area contributed by atoms with Crippen LogP contribution in [0.2, 0.25) is 0 Å². The number of anilines is 3. The monoisotopic (exact) mass is 521 g/mol.